The monoisotopic (exact) mass is 446 g/mol. The minimum absolute atomic E-state index is 0.266. The Morgan fingerprint density at radius 1 is 1.21 bits per heavy atom. The maximum Gasteiger partial charge on any atom is 0.234 e. The molecule has 1 aromatic heterocycles. The van der Waals surface area contributed by atoms with Crippen LogP contribution in [-0.4, -0.2) is 33.9 Å². The Morgan fingerprint density at radius 2 is 2.00 bits per heavy atom. The number of hydrogen-bond donors (Lipinski definition) is 0. The zero-order chi connectivity index (χ0) is 23.2. The summed E-state index contributed by atoms with van der Waals surface area (Å²) in [5.74, 6) is 1.74. The van der Waals surface area contributed by atoms with Crippen molar-refractivity contribution in [2.24, 2.45) is 11.1 Å². The van der Waals surface area contributed by atoms with Gasteiger partial charge in [0.05, 0.1) is 24.8 Å². The second-order valence-electron chi connectivity index (χ2n) is 8.94. The fraction of sp³-hybridized carbons (Fsp3) is 0.308. The van der Waals surface area contributed by atoms with Gasteiger partial charge < -0.3 is 19.0 Å². The number of methoxy groups -OCH3 is 1. The van der Waals surface area contributed by atoms with Gasteiger partial charge in [-0.3, -0.25) is 0 Å². The van der Waals surface area contributed by atoms with Crippen LogP contribution in [0.3, 0.4) is 0 Å². The maximum absolute atomic E-state index is 13.5. The molecule has 3 heterocycles. The molecule has 0 spiro atoms. The van der Waals surface area contributed by atoms with Crippen molar-refractivity contribution in [2.75, 3.05) is 13.7 Å². The summed E-state index contributed by atoms with van der Waals surface area (Å²) in [5, 5.41) is 4.47. The summed E-state index contributed by atoms with van der Waals surface area (Å²) in [5.41, 5.74) is 4.12. The van der Waals surface area contributed by atoms with Gasteiger partial charge in [0.2, 0.25) is 5.72 Å². The van der Waals surface area contributed by atoms with Crippen molar-refractivity contribution in [2.45, 2.75) is 32.9 Å². The Balaban J connectivity index is 1.48. The van der Waals surface area contributed by atoms with Crippen molar-refractivity contribution >= 4 is 11.9 Å². The molecule has 5 rings (SSSR count). The van der Waals surface area contributed by atoms with Gasteiger partial charge in [0.15, 0.2) is 5.84 Å². The second-order valence-corrected chi connectivity index (χ2v) is 8.94. The first-order valence-corrected chi connectivity index (χ1v) is 11.1. The Kier molecular flexibility index (Phi) is 5.19. The van der Waals surface area contributed by atoms with Crippen LogP contribution in [0, 0.1) is 18.7 Å². The normalized spacial score (nSPS) is 23.3. The van der Waals surface area contributed by atoms with Crippen molar-refractivity contribution in [1.29, 1.82) is 0 Å². The number of aryl methyl sites for hydroxylation is 1. The van der Waals surface area contributed by atoms with Gasteiger partial charge in [-0.25, -0.2) is 9.37 Å². The molecule has 2 aliphatic rings. The Morgan fingerprint density at radius 3 is 2.70 bits per heavy atom. The fourth-order valence-corrected chi connectivity index (χ4v) is 4.61. The number of hydrogen-bond acceptors (Lipinski definition) is 5. The second kappa shape index (κ2) is 8.06. The minimum Gasteiger partial charge on any atom is -0.495 e. The molecule has 0 N–H and O–H groups in total. The Labute approximate surface area is 192 Å². The predicted octanol–water partition coefficient (Wildman–Crippen LogP) is 5.27. The first kappa shape index (κ1) is 21.2. The predicted molar refractivity (Wildman–Crippen MR) is 126 cm³/mol. The molecule has 0 radical (unpaired) electrons. The highest BCUT2D eigenvalue weighted by Gasteiger charge is 2.47. The van der Waals surface area contributed by atoms with E-state index in [1.807, 2.05) is 36.7 Å². The smallest absolute Gasteiger partial charge is 0.234 e. The number of amidine groups is 1. The van der Waals surface area contributed by atoms with Crippen molar-refractivity contribution in [3.05, 3.63) is 83.2 Å². The first-order chi connectivity index (χ1) is 15.9. The lowest BCUT2D eigenvalue weighted by Gasteiger charge is -2.40. The number of piperidine rings is 1. The Bertz CT molecular complexity index is 1250. The molecule has 0 amide bonds. The van der Waals surface area contributed by atoms with Crippen LogP contribution in [0.1, 0.15) is 37.1 Å². The van der Waals surface area contributed by atoms with Gasteiger partial charge in [-0.15, -0.1) is 0 Å². The zero-order valence-corrected chi connectivity index (χ0v) is 19.2. The molecule has 7 heteroatoms. The molecular formula is C26H27FN4O2. The number of aromatic nitrogens is 2. The van der Waals surface area contributed by atoms with E-state index in [0.717, 1.165) is 52.6 Å². The molecule has 3 aromatic rings. The minimum atomic E-state index is -0.766. The maximum atomic E-state index is 13.5. The van der Waals surface area contributed by atoms with Crippen LogP contribution in [0.2, 0.25) is 0 Å². The van der Waals surface area contributed by atoms with Gasteiger partial charge in [-0.2, -0.15) is 0 Å². The van der Waals surface area contributed by atoms with Crippen LogP contribution < -0.4 is 4.74 Å². The lowest BCUT2D eigenvalue weighted by molar-refractivity contribution is -0.0948. The van der Waals surface area contributed by atoms with Crippen LogP contribution >= 0.6 is 0 Å². The molecule has 1 saturated heterocycles. The van der Waals surface area contributed by atoms with E-state index in [1.54, 1.807) is 25.6 Å². The molecule has 170 valence electrons. The third kappa shape index (κ3) is 3.77. The average Bonchev–Trinajstić information content (AvgIpc) is 3.38. The number of benzene rings is 2. The summed E-state index contributed by atoms with van der Waals surface area (Å²) in [6.07, 6.45) is 6.79. The van der Waals surface area contributed by atoms with E-state index in [2.05, 4.69) is 34.1 Å². The van der Waals surface area contributed by atoms with E-state index < -0.39 is 5.72 Å². The van der Waals surface area contributed by atoms with Crippen molar-refractivity contribution < 1.29 is 14.0 Å². The van der Waals surface area contributed by atoms with Crippen LogP contribution in [0.25, 0.3) is 11.8 Å². The van der Waals surface area contributed by atoms with Crippen molar-refractivity contribution in [3.8, 4) is 11.4 Å². The van der Waals surface area contributed by atoms with Crippen LogP contribution in [0.15, 0.2) is 65.7 Å². The highest BCUT2D eigenvalue weighted by atomic mass is 19.1. The largest absolute Gasteiger partial charge is 0.495 e. The fourth-order valence-electron chi connectivity index (χ4n) is 4.61. The van der Waals surface area contributed by atoms with E-state index in [0.29, 0.717) is 5.92 Å². The van der Waals surface area contributed by atoms with Crippen molar-refractivity contribution in [1.82, 2.24) is 14.5 Å². The van der Waals surface area contributed by atoms with Gasteiger partial charge in [0, 0.05) is 25.2 Å². The molecule has 0 saturated carbocycles. The molecule has 1 unspecified atom stereocenters. The van der Waals surface area contributed by atoms with Gasteiger partial charge in [0.1, 0.15) is 11.6 Å². The molecule has 2 aromatic carbocycles. The number of fused-ring (bicyclic) bond motifs is 1. The summed E-state index contributed by atoms with van der Waals surface area (Å²) >= 11 is 0. The average molecular weight is 447 g/mol. The quantitative estimate of drug-likeness (QED) is 0.548. The van der Waals surface area contributed by atoms with E-state index in [1.165, 1.54) is 12.1 Å². The number of oxime groups is 1. The molecule has 2 aliphatic heterocycles. The topological polar surface area (TPSA) is 51.9 Å². The summed E-state index contributed by atoms with van der Waals surface area (Å²) in [6.45, 7) is 6.98. The van der Waals surface area contributed by atoms with Crippen LogP contribution in [0.4, 0.5) is 4.39 Å². The first-order valence-electron chi connectivity index (χ1n) is 11.1. The summed E-state index contributed by atoms with van der Waals surface area (Å²) in [7, 11) is 1.67. The number of halogens is 1. The van der Waals surface area contributed by atoms with E-state index in [4.69, 9.17) is 9.57 Å². The molecular weight excluding hydrogens is 419 g/mol. The van der Waals surface area contributed by atoms with Crippen LogP contribution in [0.5, 0.6) is 5.75 Å². The van der Waals surface area contributed by atoms with E-state index >= 15 is 0 Å². The Hall–Kier alpha value is -3.61. The molecule has 6 nitrogen and oxygen atoms in total. The third-order valence-electron chi connectivity index (χ3n) is 6.34. The molecule has 1 fully saturated rings. The van der Waals surface area contributed by atoms with Gasteiger partial charge in [-0.1, -0.05) is 30.3 Å². The molecule has 0 aliphatic carbocycles. The van der Waals surface area contributed by atoms with Gasteiger partial charge in [0.25, 0.3) is 0 Å². The van der Waals surface area contributed by atoms with Crippen LogP contribution in [-0.2, 0) is 10.6 Å². The number of rotatable bonds is 4. The SMILES string of the molecule is COc1cc(/C=C2\C[C@@H](C)CN3C2=NOC3(C)c2ccc(F)cc2)ccc1-n1cnc(C)c1. The highest BCUT2D eigenvalue weighted by molar-refractivity contribution is 6.03. The van der Waals surface area contributed by atoms with Crippen molar-refractivity contribution in [3.63, 3.8) is 0 Å². The highest BCUT2D eigenvalue weighted by Crippen LogP contribution is 2.41. The lowest BCUT2D eigenvalue weighted by atomic mass is 9.90. The standard InChI is InChI=1S/C26H27FN4O2/c1-17-11-20(12-19-5-10-23(24(13-19)32-4)30-15-18(2)28-16-30)25-29-33-26(3,31(25)14-17)21-6-8-22(27)9-7-21/h5-10,12-13,15-17H,11,14H2,1-4H3/b20-12+/t17-,26?/m1/s1. The molecule has 0 bridgehead atoms. The molecule has 2 atom stereocenters. The molecule has 33 heavy (non-hydrogen) atoms. The van der Waals surface area contributed by atoms with E-state index in [-0.39, 0.29) is 5.82 Å². The number of nitrogens with zero attached hydrogens (tertiary/aromatic N) is 4. The van der Waals surface area contributed by atoms with E-state index in [9.17, 15) is 4.39 Å². The third-order valence-corrected chi connectivity index (χ3v) is 6.34. The van der Waals surface area contributed by atoms with Gasteiger partial charge >= 0.3 is 0 Å². The number of ether oxygens (including phenoxy) is 1. The lowest BCUT2D eigenvalue weighted by Crippen LogP contribution is -2.49. The summed E-state index contributed by atoms with van der Waals surface area (Å²) < 4.78 is 21.1. The van der Waals surface area contributed by atoms with Gasteiger partial charge in [-0.05, 0) is 60.7 Å². The summed E-state index contributed by atoms with van der Waals surface area (Å²) in [4.78, 5) is 12.5. The zero-order valence-electron chi connectivity index (χ0n) is 19.2. The summed E-state index contributed by atoms with van der Waals surface area (Å²) in [6, 6.07) is 12.6. The number of imidazole rings is 1.